The van der Waals surface area contributed by atoms with Crippen molar-refractivity contribution < 1.29 is 4.79 Å². The molecule has 2 atom stereocenters. The molecule has 1 aromatic carbocycles. The number of hydrogen-bond acceptors (Lipinski definition) is 3. The van der Waals surface area contributed by atoms with E-state index in [0.29, 0.717) is 29.1 Å². The van der Waals surface area contributed by atoms with Crippen LogP contribution in [0.4, 0.5) is 0 Å². The summed E-state index contributed by atoms with van der Waals surface area (Å²) in [5.41, 5.74) is 0.397. The van der Waals surface area contributed by atoms with E-state index in [-0.39, 0.29) is 11.9 Å². The van der Waals surface area contributed by atoms with E-state index in [0.717, 1.165) is 19.3 Å². The van der Waals surface area contributed by atoms with Crippen molar-refractivity contribution in [2.24, 2.45) is 5.92 Å². The van der Waals surface area contributed by atoms with Crippen molar-refractivity contribution in [2.45, 2.75) is 52.1 Å². The largest absolute Gasteiger partial charge is 0.349 e. The molecule has 6 nitrogen and oxygen atoms in total. The van der Waals surface area contributed by atoms with Gasteiger partial charge >= 0.3 is 11.1 Å². The minimum Gasteiger partial charge on any atom is -0.349 e. The lowest BCUT2D eigenvalue weighted by molar-refractivity contribution is 0.0910. The van der Waals surface area contributed by atoms with Crippen molar-refractivity contribution in [3.63, 3.8) is 0 Å². The number of carbonyl (C=O) groups is 1. The number of aromatic amines is 1. The summed E-state index contributed by atoms with van der Waals surface area (Å²) >= 11 is 0. The minimum absolute atomic E-state index is 0.134. The average molecular weight is 329 g/mol. The van der Waals surface area contributed by atoms with Crippen LogP contribution in [0.1, 0.15) is 49.9 Å². The summed E-state index contributed by atoms with van der Waals surface area (Å²) in [7, 11) is 0. The molecule has 1 aromatic heterocycles. The summed E-state index contributed by atoms with van der Waals surface area (Å²) in [5.74, 6) is 0.346. The molecule has 0 bridgehead atoms. The van der Waals surface area contributed by atoms with Crippen molar-refractivity contribution >= 4 is 16.9 Å². The van der Waals surface area contributed by atoms with Gasteiger partial charge in [-0.15, -0.1) is 0 Å². The van der Waals surface area contributed by atoms with Crippen molar-refractivity contribution in [3.8, 4) is 0 Å². The second-order valence-electron chi connectivity index (χ2n) is 6.58. The fraction of sp³-hybridized carbons (Fsp3) is 0.500. The van der Waals surface area contributed by atoms with E-state index in [1.54, 1.807) is 18.2 Å². The Morgan fingerprint density at radius 1 is 1.29 bits per heavy atom. The molecule has 0 unspecified atom stereocenters. The Balaban J connectivity index is 1.93. The van der Waals surface area contributed by atoms with Gasteiger partial charge in [-0.25, -0.2) is 0 Å². The highest BCUT2D eigenvalue weighted by molar-refractivity contribution is 5.97. The highest BCUT2D eigenvalue weighted by atomic mass is 16.2. The Bertz CT molecular complexity index is 881. The summed E-state index contributed by atoms with van der Waals surface area (Å²) < 4.78 is 1.42. The van der Waals surface area contributed by atoms with Gasteiger partial charge in [-0.3, -0.25) is 14.4 Å². The van der Waals surface area contributed by atoms with Gasteiger partial charge in [-0.05, 0) is 43.9 Å². The van der Waals surface area contributed by atoms with Crippen LogP contribution in [-0.2, 0) is 6.54 Å². The van der Waals surface area contributed by atoms with Crippen LogP contribution in [0, 0.1) is 5.92 Å². The summed E-state index contributed by atoms with van der Waals surface area (Å²) in [6.45, 7) is 4.39. The Hall–Kier alpha value is -2.37. The first-order chi connectivity index (χ1) is 11.5. The van der Waals surface area contributed by atoms with Gasteiger partial charge in [-0.1, -0.05) is 19.8 Å². The van der Waals surface area contributed by atoms with Gasteiger partial charge in [-0.2, -0.15) is 0 Å². The molecule has 2 aromatic rings. The number of H-pyrrole nitrogens is 1. The second kappa shape index (κ2) is 6.63. The van der Waals surface area contributed by atoms with Crippen molar-refractivity contribution in [2.75, 3.05) is 0 Å². The smallest absolute Gasteiger partial charge is 0.316 e. The third-order valence-electron chi connectivity index (χ3n) is 4.98. The SMILES string of the molecule is CCn1c(=O)c(=O)[nH]c2cc(C(=O)N[C@H]3CCCC[C@H]3C)ccc21. The highest BCUT2D eigenvalue weighted by Gasteiger charge is 2.23. The summed E-state index contributed by atoms with van der Waals surface area (Å²) in [4.78, 5) is 38.7. The third kappa shape index (κ3) is 3.00. The van der Waals surface area contributed by atoms with E-state index < -0.39 is 11.1 Å². The zero-order chi connectivity index (χ0) is 17.3. The minimum atomic E-state index is -0.664. The van der Waals surface area contributed by atoms with Gasteiger partial charge in [0.2, 0.25) is 0 Å². The number of carbonyl (C=O) groups excluding carboxylic acids is 1. The molecule has 1 heterocycles. The first-order valence-electron chi connectivity index (χ1n) is 8.59. The molecule has 2 N–H and O–H groups in total. The molecule has 1 fully saturated rings. The Kier molecular flexibility index (Phi) is 4.55. The van der Waals surface area contributed by atoms with Gasteiger partial charge in [0.15, 0.2) is 0 Å². The first kappa shape index (κ1) is 16.5. The number of nitrogens with zero attached hydrogens (tertiary/aromatic N) is 1. The molecule has 1 amide bonds. The van der Waals surface area contributed by atoms with E-state index in [1.165, 1.54) is 11.0 Å². The lowest BCUT2D eigenvalue weighted by Crippen LogP contribution is -2.41. The van der Waals surface area contributed by atoms with E-state index in [9.17, 15) is 14.4 Å². The van der Waals surface area contributed by atoms with E-state index >= 15 is 0 Å². The molecule has 6 heteroatoms. The van der Waals surface area contributed by atoms with Gasteiger partial charge in [0, 0.05) is 18.2 Å². The third-order valence-corrected chi connectivity index (χ3v) is 4.98. The molecule has 1 aliphatic rings. The number of aromatic nitrogens is 2. The maximum Gasteiger partial charge on any atom is 0.316 e. The Labute approximate surface area is 139 Å². The maximum atomic E-state index is 12.5. The quantitative estimate of drug-likeness (QED) is 0.845. The average Bonchev–Trinajstić information content (AvgIpc) is 2.57. The number of nitrogens with one attached hydrogen (secondary N) is 2. The molecular weight excluding hydrogens is 306 g/mol. The van der Waals surface area contributed by atoms with Gasteiger partial charge in [0.05, 0.1) is 11.0 Å². The van der Waals surface area contributed by atoms with Crippen molar-refractivity contribution in [1.29, 1.82) is 0 Å². The van der Waals surface area contributed by atoms with Crippen LogP contribution in [-0.4, -0.2) is 21.5 Å². The molecule has 3 rings (SSSR count). The molecule has 24 heavy (non-hydrogen) atoms. The lowest BCUT2D eigenvalue weighted by atomic mass is 9.86. The predicted molar refractivity (Wildman–Crippen MR) is 93.4 cm³/mol. The van der Waals surface area contributed by atoms with Crippen molar-refractivity contribution in [1.82, 2.24) is 14.9 Å². The Morgan fingerprint density at radius 2 is 2.04 bits per heavy atom. The zero-order valence-electron chi connectivity index (χ0n) is 14.1. The number of rotatable bonds is 3. The van der Waals surface area contributed by atoms with Crippen LogP contribution in [0.2, 0.25) is 0 Å². The summed E-state index contributed by atoms with van der Waals surface area (Å²) in [6, 6.07) is 5.26. The normalized spacial score (nSPS) is 20.9. The number of aryl methyl sites for hydroxylation is 1. The zero-order valence-corrected chi connectivity index (χ0v) is 14.1. The van der Waals surface area contributed by atoms with Crippen LogP contribution < -0.4 is 16.4 Å². The number of fused-ring (bicyclic) bond motifs is 1. The van der Waals surface area contributed by atoms with Crippen LogP contribution in [0.5, 0.6) is 0 Å². The van der Waals surface area contributed by atoms with Gasteiger partial charge in [0.1, 0.15) is 0 Å². The standard InChI is InChI=1S/C18H23N3O3/c1-3-21-15-9-8-12(10-14(15)20-17(23)18(21)24)16(22)19-13-7-5-4-6-11(13)2/h8-11,13H,3-7H2,1-2H3,(H,19,22)(H,20,23)/t11-,13+/m1/s1. The monoisotopic (exact) mass is 329 g/mol. The summed E-state index contributed by atoms with van der Waals surface area (Å²) in [5, 5.41) is 3.10. The molecule has 1 aliphatic carbocycles. The Morgan fingerprint density at radius 3 is 2.75 bits per heavy atom. The molecule has 1 saturated carbocycles. The highest BCUT2D eigenvalue weighted by Crippen LogP contribution is 2.24. The second-order valence-corrected chi connectivity index (χ2v) is 6.58. The van der Waals surface area contributed by atoms with Gasteiger partial charge in [0.25, 0.3) is 5.91 Å². The molecule has 128 valence electrons. The summed E-state index contributed by atoms with van der Waals surface area (Å²) in [6.07, 6.45) is 4.51. The van der Waals surface area contributed by atoms with E-state index in [4.69, 9.17) is 0 Å². The van der Waals surface area contributed by atoms with Crippen LogP contribution in [0.3, 0.4) is 0 Å². The molecule has 0 radical (unpaired) electrons. The van der Waals surface area contributed by atoms with E-state index in [2.05, 4.69) is 17.2 Å². The van der Waals surface area contributed by atoms with Crippen LogP contribution in [0.25, 0.3) is 11.0 Å². The van der Waals surface area contributed by atoms with Crippen LogP contribution >= 0.6 is 0 Å². The fourth-order valence-electron chi connectivity index (χ4n) is 3.52. The fourth-order valence-corrected chi connectivity index (χ4v) is 3.52. The molecule has 0 spiro atoms. The first-order valence-corrected chi connectivity index (χ1v) is 8.59. The molecule has 0 saturated heterocycles. The topological polar surface area (TPSA) is 84.0 Å². The number of hydrogen-bond donors (Lipinski definition) is 2. The molecule has 0 aliphatic heterocycles. The number of amides is 1. The number of benzene rings is 1. The predicted octanol–water partition coefficient (Wildman–Crippen LogP) is 2.02. The molecular formula is C18H23N3O3. The van der Waals surface area contributed by atoms with Crippen LogP contribution in [0.15, 0.2) is 27.8 Å². The lowest BCUT2D eigenvalue weighted by Gasteiger charge is -2.29. The van der Waals surface area contributed by atoms with Crippen molar-refractivity contribution in [3.05, 3.63) is 44.5 Å². The maximum absolute atomic E-state index is 12.5. The van der Waals surface area contributed by atoms with Gasteiger partial charge < -0.3 is 14.9 Å². The van der Waals surface area contributed by atoms with E-state index in [1.807, 2.05) is 6.92 Å².